The van der Waals surface area contributed by atoms with Gasteiger partial charge in [0.2, 0.25) is 0 Å². The first-order valence-corrected chi connectivity index (χ1v) is 7.07. The van der Waals surface area contributed by atoms with Crippen molar-refractivity contribution in [1.29, 1.82) is 0 Å². The highest BCUT2D eigenvalue weighted by Gasteiger charge is 2.05. The third kappa shape index (κ3) is 3.83. The molecule has 1 N–H and O–H groups in total. The van der Waals surface area contributed by atoms with Gasteiger partial charge in [0.05, 0.1) is 7.05 Å². The number of anilines is 1. The first-order valence-electron chi connectivity index (χ1n) is 6.69. The van der Waals surface area contributed by atoms with E-state index in [1.54, 1.807) is 31.3 Å². The number of hydrogen-bond acceptors (Lipinski definition) is 5. The van der Waals surface area contributed by atoms with Crippen LogP contribution in [0.4, 0.5) is 5.95 Å². The van der Waals surface area contributed by atoms with Gasteiger partial charge in [0.15, 0.2) is 0 Å². The number of furan rings is 1. The Kier molecular flexibility index (Phi) is 4.20. The summed E-state index contributed by atoms with van der Waals surface area (Å²) in [7, 11) is 1.61. The van der Waals surface area contributed by atoms with Gasteiger partial charge < -0.3 is 4.42 Å². The lowest BCUT2D eigenvalue weighted by Gasteiger charge is -1.96. The quantitative estimate of drug-likeness (QED) is 0.744. The molecule has 0 aliphatic rings. The van der Waals surface area contributed by atoms with Gasteiger partial charge in [-0.1, -0.05) is 16.7 Å². The molecule has 2 heterocycles. The highest BCUT2D eigenvalue weighted by molar-refractivity contribution is 6.30. The molecule has 0 aliphatic heterocycles. The van der Waals surface area contributed by atoms with Crippen LogP contribution in [0.25, 0.3) is 17.4 Å². The second-order valence-corrected chi connectivity index (χ2v) is 5.07. The minimum absolute atomic E-state index is 0.142. The smallest absolute Gasteiger partial charge is 0.270 e. The highest BCUT2D eigenvalue weighted by atomic mass is 35.5. The minimum Gasteiger partial charge on any atom is -0.457 e. The van der Waals surface area contributed by atoms with Gasteiger partial charge in [-0.3, -0.25) is 10.1 Å². The Morgan fingerprint density at radius 2 is 2.04 bits per heavy atom. The van der Waals surface area contributed by atoms with E-state index in [4.69, 9.17) is 16.0 Å². The molecule has 3 aromatic rings. The largest absolute Gasteiger partial charge is 0.457 e. The number of nitrogens with zero attached hydrogens (tertiary/aromatic N) is 4. The summed E-state index contributed by atoms with van der Waals surface area (Å²) in [5.41, 5.74) is 0.905. The van der Waals surface area contributed by atoms with Gasteiger partial charge >= 0.3 is 0 Å². The summed E-state index contributed by atoms with van der Waals surface area (Å²) in [6.07, 6.45) is 2.89. The second-order valence-electron chi connectivity index (χ2n) is 4.63. The van der Waals surface area contributed by atoms with Gasteiger partial charge in [0.25, 0.3) is 11.9 Å². The number of aromatic nitrogens is 4. The SMILES string of the molecule is Cn1nnc(NC(=O)C=Cc2ccc(-c3ccc(Cl)cc3)o2)n1. The number of amides is 1. The molecule has 23 heavy (non-hydrogen) atoms. The average Bonchev–Trinajstić information content (AvgIpc) is 3.15. The lowest BCUT2D eigenvalue weighted by molar-refractivity contribution is -0.111. The number of halogens is 1. The number of rotatable bonds is 4. The number of nitrogens with one attached hydrogen (secondary N) is 1. The Bertz CT molecular complexity index is 851. The molecule has 7 nitrogen and oxygen atoms in total. The third-order valence-electron chi connectivity index (χ3n) is 2.90. The predicted octanol–water partition coefficient (Wildman–Crippen LogP) is 2.78. The third-order valence-corrected chi connectivity index (χ3v) is 3.15. The molecule has 2 aromatic heterocycles. The molecule has 1 amide bonds. The Hall–Kier alpha value is -2.93. The normalized spacial score (nSPS) is 11.0. The molecule has 1 aromatic carbocycles. The van der Waals surface area contributed by atoms with Gasteiger partial charge in [0.1, 0.15) is 11.5 Å². The zero-order chi connectivity index (χ0) is 16.2. The summed E-state index contributed by atoms with van der Waals surface area (Å²) < 4.78 is 5.66. The maximum atomic E-state index is 11.7. The van der Waals surface area contributed by atoms with E-state index in [0.29, 0.717) is 16.5 Å². The molecule has 0 aliphatic carbocycles. The van der Waals surface area contributed by atoms with Crippen molar-refractivity contribution in [3.05, 3.63) is 53.3 Å². The zero-order valence-electron chi connectivity index (χ0n) is 12.1. The molecular weight excluding hydrogens is 318 g/mol. The second kappa shape index (κ2) is 6.45. The fourth-order valence-corrected chi connectivity index (χ4v) is 1.98. The van der Waals surface area contributed by atoms with Crippen molar-refractivity contribution >= 4 is 29.5 Å². The first-order chi connectivity index (χ1) is 11.1. The van der Waals surface area contributed by atoms with Crippen LogP contribution in [0.2, 0.25) is 5.02 Å². The van der Waals surface area contributed by atoms with Crippen LogP contribution in [0.15, 0.2) is 46.9 Å². The van der Waals surface area contributed by atoms with E-state index in [1.165, 1.54) is 10.9 Å². The summed E-state index contributed by atoms with van der Waals surface area (Å²) >= 11 is 5.85. The number of carbonyl (C=O) groups excluding carboxylic acids is 1. The van der Waals surface area contributed by atoms with E-state index in [2.05, 4.69) is 20.7 Å². The van der Waals surface area contributed by atoms with Crippen molar-refractivity contribution in [2.75, 3.05) is 5.32 Å². The van der Waals surface area contributed by atoms with Crippen molar-refractivity contribution in [1.82, 2.24) is 20.2 Å². The van der Waals surface area contributed by atoms with E-state index < -0.39 is 0 Å². The van der Waals surface area contributed by atoms with Gasteiger partial charge in [-0.05, 0) is 47.7 Å². The van der Waals surface area contributed by atoms with Crippen LogP contribution in [0, 0.1) is 0 Å². The molecule has 0 spiro atoms. The Balaban J connectivity index is 1.66. The average molecular weight is 330 g/mol. The fraction of sp³-hybridized carbons (Fsp3) is 0.0667. The van der Waals surface area contributed by atoms with Crippen molar-refractivity contribution in [3.8, 4) is 11.3 Å². The molecule has 0 atom stereocenters. The van der Waals surface area contributed by atoms with Crippen molar-refractivity contribution < 1.29 is 9.21 Å². The standard InChI is InChI=1S/C15H12ClN5O2/c1-21-19-15(18-20-21)17-14(22)9-7-12-6-8-13(23-12)10-2-4-11(16)5-3-10/h2-9H,1H3,(H,17,19,22). The van der Waals surface area contributed by atoms with Crippen molar-refractivity contribution in [3.63, 3.8) is 0 Å². The highest BCUT2D eigenvalue weighted by Crippen LogP contribution is 2.24. The lowest BCUT2D eigenvalue weighted by Crippen LogP contribution is -2.09. The molecule has 0 fully saturated rings. The molecule has 0 radical (unpaired) electrons. The molecule has 116 valence electrons. The lowest BCUT2D eigenvalue weighted by atomic mass is 10.2. The molecular formula is C15H12ClN5O2. The van der Waals surface area contributed by atoms with Gasteiger partial charge in [-0.15, -0.1) is 5.10 Å². The van der Waals surface area contributed by atoms with E-state index in [1.807, 2.05) is 18.2 Å². The topological polar surface area (TPSA) is 85.8 Å². The van der Waals surface area contributed by atoms with Crippen LogP contribution < -0.4 is 5.32 Å². The number of hydrogen-bond donors (Lipinski definition) is 1. The van der Waals surface area contributed by atoms with E-state index in [-0.39, 0.29) is 11.9 Å². The molecule has 8 heteroatoms. The number of benzene rings is 1. The zero-order valence-corrected chi connectivity index (χ0v) is 12.9. The molecule has 0 saturated heterocycles. The van der Waals surface area contributed by atoms with Crippen molar-refractivity contribution in [2.24, 2.45) is 7.05 Å². The van der Waals surface area contributed by atoms with Crippen LogP contribution >= 0.6 is 11.6 Å². The summed E-state index contributed by atoms with van der Waals surface area (Å²) in [6, 6.07) is 10.9. The Morgan fingerprint density at radius 3 is 2.74 bits per heavy atom. The predicted molar refractivity (Wildman–Crippen MR) is 85.6 cm³/mol. The molecule has 0 saturated carbocycles. The fourth-order valence-electron chi connectivity index (χ4n) is 1.86. The van der Waals surface area contributed by atoms with Crippen molar-refractivity contribution in [2.45, 2.75) is 0 Å². The summed E-state index contributed by atoms with van der Waals surface area (Å²) in [4.78, 5) is 13.0. The van der Waals surface area contributed by atoms with Gasteiger partial charge in [-0.25, -0.2) is 0 Å². The first kappa shape index (κ1) is 15.0. The maximum absolute atomic E-state index is 11.7. The summed E-state index contributed by atoms with van der Waals surface area (Å²) in [5.74, 6) is 1.01. The number of aryl methyl sites for hydroxylation is 1. The summed E-state index contributed by atoms with van der Waals surface area (Å²) in [5, 5.41) is 14.3. The van der Waals surface area contributed by atoms with Crippen LogP contribution in [-0.4, -0.2) is 26.1 Å². The molecule has 3 rings (SSSR count). The molecule has 0 bridgehead atoms. The van der Waals surface area contributed by atoms with Crippen LogP contribution in [-0.2, 0) is 11.8 Å². The summed E-state index contributed by atoms with van der Waals surface area (Å²) in [6.45, 7) is 0. The minimum atomic E-state index is -0.373. The van der Waals surface area contributed by atoms with E-state index in [9.17, 15) is 4.79 Å². The van der Waals surface area contributed by atoms with E-state index >= 15 is 0 Å². The van der Waals surface area contributed by atoms with Gasteiger partial charge in [0, 0.05) is 16.7 Å². The van der Waals surface area contributed by atoms with Crippen LogP contribution in [0.5, 0.6) is 0 Å². The Labute approximate surface area is 136 Å². The maximum Gasteiger partial charge on any atom is 0.270 e. The monoisotopic (exact) mass is 329 g/mol. The Morgan fingerprint density at radius 1 is 1.26 bits per heavy atom. The van der Waals surface area contributed by atoms with Gasteiger partial charge in [-0.2, -0.15) is 4.80 Å². The molecule has 0 unspecified atom stereocenters. The van der Waals surface area contributed by atoms with E-state index in [0.717, 1.165) is 5.56 Å². The van der Waals surface area contributed by atoms with Crippen LogP contribution in [0.1, 0.15) is 5.76 Å². The number of carbonyl (C=O) groups is 1. The van der Waals surface area contributed by atoms with Crippen LogP contribution in [0.3, 0.4) is 0 Å². The number of tetrazole rings is 1.